The van der Waals surface area contributed by atoms with Crippen molar-refractivity contribution >= 4 is 17.5 Å². The van der Waals surface area contributed by atoms with Crippen LogP contribution in [0, 0.1) is 12.7 Å². The van der Waals surface area contributed by atoms with Crippen LogP contribution in [0.5, 0.6) is 5.75 Å². The predicted molar refractivity (Wildman–Crippen MR) is 148 cm³/mol. The second kappa shape index (κ2) is 11.7. The molecule has 0 aliphatic rings. The minimum absolute atomic E-state index is 0.0109. The SMILES string of the molecule is Cc1noc(C(Cc2ccc(-c3ccc(F)c(Cl)c3)cc2)NC(=O)c2cc(-c3ccc(C(F)(F)F)cc3)ccc2O)n1. The van der Waals surface area contributed by atoms with Crippen molar-refractivity contribution in [2.75, 3.05) is 0 Å². The fourth-order valence-corrected chi connectivity index (χ4v) is 4.57. The molecule has 214 valence electrons. The summed E-state index contributed by atoms with van der Waals surface area (Å²) in [5, 5.41) is 17.1. The summed E-state index contributed by atoms with van der Waals surface area (Å²) in [6.07, 6.45) is -4.23. The number of carbonyl (C=O) groups excluding carboxylic acids is 1. The number of amides is 1. The van der Waals surface area contributed by atoms with E-state index in [1.54, 1.807) is 13.0 Å². The molecule has 0 fully saturated rings. The third-order valence-electron chi connectivity index (χ3n) is 6.58. The number of hydrogen-bond acceptors (Lipinski definition) is 5. The summed E-state index contributed by atoms with van der Waals surface area (Å²) < 4.78 is 57.8. The minimum atomic E-state index is -4.48. The molecule has 1 heterocycles. The number of phenolic OH excluding ortho intramolecular Hbond substituents is 1. The van der Waals surface area contributed by atoms with Gasteiger partial charge in [-0.05, 0) is 71.1 Å². The zero-order valence-electron chi connectivity index (χ0n) is 21.9. The number of hydrogen-bond donors (Lipinski definition) is 2. The Balaban J connectivity index is 1.38. The number of phenols is 1. The molecule has 0 bridgehead atoms. The largest absolute Gasteiger partial charge is 0.507 e. The van der Waals surface area contributed by atoms with Crippen LogP contribution in [0.2, 0.25) is 5.02 Å². The zero-order chi connectivity index (χ0) is 30.0. The quantitative estimate of drug-likeness (QED) is 0.186. The molecule has 0 aliphatic heterocycles. The van der Waals surface area contributed by atoms with Crippen molar-refractivity contribution in [3.63, 3.8) is 0 Å². The molecule has 6 nitrogen and oxygen atoms in total. The number of aryl methyl sites for hydroxylation is 1. The van der Waals surface area contributed by atoms with Gasteiger partial charge in [0.1, 0.15) is 17.6 Å². The van der Waals surface area contributed by atoms with Gasteiger partial charge in [0.2, 0.25) is 5.89 Å². The van der Waals surface area contributed by atoms with Crippen LogP contribution < -0.4 is 5.32 Å². The van der Waals surface area contributed by atoms with Crippen molar-refractivity contribution in [3.8, 4) is 28.0 Å². The summed E-state index contributed by atoms with van der Waals surface area (Å²) in [6, 6.07) is 19.7. The summed E-state index contributed by atoms with van der Waals surface area (Å²) in [5.74, 6) is -0.972. The van der Waals surface area contributed by atoms with Gasteiger partial charge >= 0.3 is 6.18 Å². The second-order valence-electron chi connectivity index (χ2n) is 9.54. The van der Waals surface area contributed by atoms with E-state index in [-0.39, 0.29) is 28.6 Å². The number of carbonyl (C=O) groups is 1. The number of benzene rings is 4. The molecule has 0 radical (unpaired) electrons. The number of aromatic nitrogens is 2. The van der Waals surface area contributed by atoms with Crippen LogP contribution in [0.15, 0.2) is 89.5 Å². The van der Waals surface area contributed by atoms with E-state index >= 15 is 0 Å². The molecule has 0 saturated heterocycles. The van der Waals surface area contributed by atoms with Gasteiger partial charge in [-0.15, -0.1) is 0 Å². The Morgan fingerprint density at radius 2 is 1.52 bits per heavy atom. The molecule has 1 unspecified atom stereocenters. The summed E-state index contributed by atoms with van der Waals surface area (Å²) >= 11 is 5.91. The van der Waals surface area contributed by atoms with E-state index in [4.69, 9.17) is 16.1 Å². The van der Waals surface area contributed by atoms with E-state index in [1.165, 1.54) is 42.5 Å². The highest BCUT2D eigenvalue weighted by Crippen LogP contribution is 2.33. The lowest BCUT2D eigenvalue weighted by Crippen LogP contribution is -2.30. The molecule has 2 N–H and O–H groups in total. The molecule has 0 saturated carbocycles. The number of alkyl halides is 3. The lowest BCUT2D eigenvalue weighted by Gasteiger charge is -2.17. The van der Waals surface area contributed by atoms with E-state index in [0.29, 0.717) is 17.0 Å². The first-order chi connectivity index (χ1) is 20.0. The Morgan fingerprint density at radius 1 is 0.929 bits per heavy atom. The molecule has 1 amide bonds. The number of nitrogens with zero attached hydrogens (tertiary/aromatic N) is 2. The van der Waals surface area contributed by atoms with Crippen LogP contribution >= 0.6 is 11.6 Å². The minimum Gasteiger partial charge on any atom is -0.507 e. The Hall–Kier alpha value is -4.70. The van der Waals surface area contributed by atoms with Gasteiger partial charge in [0.15, 0.2) is 5.82 Å². The first-order valence-electron chi connectivity index (χ1n) is 12.6. The number of rotatable bonds is 7. The van der Waals surface area contributed by atoms with E-state index in [2.05, 4.69) is 15.5 Å². The number of aromatic hydroxyl groups is 1. The molecule has 42 heavy (non-hydrogen) atoms. The van der Waals surface area contributed by atoms with Gasteiger partial charge in [0.25, 0.3) is 5.91 Å². The van der Waals surface area contributed by atoms with Crippen molar-refractivity contribution in [1.29, 1.82) is 0 Å². The molecule has 5 aromatic rings. The summed E-state index contributed by atoms with van der Waals surface area (Å²) in [6.45, 7) is 1.63. The first kappa shape index (κ1) is 28.8. The lowest BCUT2D eigenvalue weighted by atomic mass is 9.99. The highest BCUT2D eigenvalue weighted by Gasteiger charge is 2.30. The highest BCUT2D eigenvalue weighted by atomic mass is 35.5. The Labute approximate surface area is 242 Å². The van der Waals surface area contributed by atoms with Crippen LogP contribution in [-0.2, 0) is 12.6 Å². The number of nitrogens with one attached hydrogen (secondary N) is 1. The van der Waals surface area contributed by atoms with Crippen LogP contribution in [0.1, 0.15) is 39.2 Å². The van der Waals surface area contributed by atoms with Crippen molar-refractivity contribution in [3.05, 3.63) is 124 Å². The van der Waals surface area contributed by atoms with Crippen LogP contribution in [0.3, 0.4) is 0 Å². The van der Waals surface area contributed by atoms with Gasteiger partial charge in [-0.3, -0.25) is 4.79 Å². The molecule has 11 heteroatoms. The number of halogens is 5. The van der Waals surface area contributed by atoms with Crippen molar-refractivity contribution in [2.24, 2.45) is 0 Å². The highest BCUT2D eigenvalue weighted by molar-refractivity contribution is 6.31. The fraction of sp³-hybridized carbons (Fsp3) is 0.129. The molecule has 4 aromatic carbocycles. The smallest absolute Gasteiger partial charge is 0.416 e. The topological polar surface area (TPSA) is 88.2 Å². The molecular weight excluding hydrogens is 574 g/mol. The van der Waals surface area contributed by atoms with Gasteiger partial charge in [0.05, 0.1) is 16.1 Å². The maximum Gasteiger partial charge on any atom is 0.416 e. The second-order valence-corrected chi connectivity index (χ2v) is 9.95. The third-order valence-corrected chi connectivity index (χ3v) is 6.87. The molecule has 1 aromatic heterocycles. The van der Waals surface area contributed by atoms with Crippen LogP contribution in [-0.4, -0.2) is 21.2 Å². The van der Waals surface area contributed by atoms with Gasteiger partial charge < -0.3 is 14.9 Å². The van der Waals surface area contributed by atoms with Crippen LogP contribution in [0.25, 0.3) is 22.3 Å². The molecule has 0 aliphatic carbocycles. The standard InChI is InChI=1S/C31H22ClF4N3O3/c1-17-37-30(42-39-17)27(14-18-2-4-19(5-3-18)22-8-12-26(33)25(32)16-22)38-29(41)24-15-21(9-13-28(24)40)20-6-10-23(11-7-20)31(34,35)36/h2-13,15-16,27,40H,14H2,1H3,(H,38,41). The summed E-state index contributed by atoms with van der Waals surface area (Å²) in [5.41, 5.74) is 2.33. The van der Waals surface area contributed by atoms with Gasteiger partial charge in [0, 0.05) is 6.42 Å². The molecule has 0 spiro atoms. The first-order valence-corrected chi connectivity index (χ1v) is 13.0. The monoisotopic (exact) mass is 595 g/mol. The van der Waals surface area contributed by atoms with Gasteiger partial charge in [-0.2, -0.15) is 18.2 Å². The average Bonchev–Trinajstić information content (AvgIpc) is 3.40. The maximum absolute atomic E-state index is 13.6. The third kappa shape index (κ3) is 6.44. The predicted octanol–water partition coefficient (Wildman–Crippen LogP) is 7.94. The maximum atomic E-state index is 13.6. The van der Waals surface area contributed by atoms with E-state index in [1.807, 2.05) is 24.3 Å². The molecule has 1 atom stereocenters. The van der Waals surface area contributed by atoms with E-state index < -0.39 is 29.5 Å². The fourth-order valence-electron chi connectivity index (χ4n) is 4.38. The lowest BCUT2D eigenvalue weighted by molar-refractivity contribution is -0.137. The van der Waals surface area contributed by atoms with Crippen LogP contribution in [0.4, 0.5) is 17.6 Å². The Bertz CT molecular complexity index is 1740. The van der Waals surface area contributed by atoms with E-state index in [0.717, 1.165) is 28.8 Å². The summed E-state index contributed by atoms with van der Waals surface area (Å²) in [7, 11) is 0. The molecular formula is C31H22ClF4N3O3. The molecule has 5 rings (SSSR count). The Morgan fingerprint density at radius 3 is 2.12 bits per heavy atom. The van der Waals surface area contributed by atoms with Crippen molar-refractivity contribution < 1.29 is 32.0 Å². The Kier molecular flexibility index (Phi) is 8.00. The van der Waals surface area contributed by atoms with Crippen molar-refractivity contribution in [2.45, 2.75) is 25.6 Å². The average molecular weight is 596 g/mol. The van der Waals surface area contributed by atoms with E-state index in [9.17, 15) is 27.5 Å². The van der Waals surface area contributed by atoms with Gasteiger partial charge in [-0.25, -0.2) is 4.39 Å². The normalized spacial score (nSPS) is 12.2. The summed E-state index contributed by atoms with van der Waals surface area (Å²) in [4.78, 5) is 17.6. The zero-order valence-corrected chi connectivity index (χ0v) is 22.7. The van der Waals surface area contributed by atoms with Crippen molar-refractivity contribution in [1.82, 2.24) is 15.5 Å². The van der Waals surface area contributed by atoms with Gasteiger partial charge in [-0.1, -0.05) is 65.3 Å².